The van der Waals surface area contributed by atoms with Gasteiger partial charge in [-0.15, -0.1) is 11.3 Å². The second-order valence-corrected chi connectivity index (χ2v) is 32.3. The molecule has 2 aliphatic rings. The van der Waals surface area contributed by atoms with Gasteiger partial charge in [0.05, 0.1) is 68.7 Å². The quantitative estimate of drug-likeness (QED) is 0.00794. The molecule has 34 nitrogen and oxygen atoms in total. The van der Waals surface area contributed by atoms with Crippen molar-refractivity contribution < 1.29 is 104 Å². The number of fused-ring (bicyclic) bond motifs is 1. The van der Waals surface area contributed by atoms with Crippen molar-refractivity contribution in [3.63, 3.8) is 0 Å². The number of aromatic nitrogens is 4. The molecule has 0 spiro atoms. The first-order valence-electron chi connectivity index (χ1n) is 38.7. The zero-order valence-electron chi connectivity index (χ0n) is 67.2. The SMILES string of the molecule is COc1ccccc1-c1nccc(COc2ccccc2C[C@@H](Oc2ncnc3sc(-c4ccc(F)cc4)c(-c4ccc(OCCN5CC[N+](C)(Cc6ccc(NC(=O)[C@H](CCCNC(N)=O)NC(=O)[C@@H](NC(=O)CCOCCN7C(=O)C=CC7=O)C(C)C)cc6CN(C)C(=O)[C@@H](CCC(=O)O)NC(=O)CS(=O)(=O)O)CC5)c(Cl)c4C)c23)C(=O)O)n1. The number of carboxylic acid groups (broad SMARTS) is 2. The van der Waals surface area contributed by atoms with Crippen LogP contribution < -0.4 is 51.3 Å². The van der Waals surface area contributed by atoms with Crippen molar-refractivity contribution in [3.8, 4) is 56.1 Å². The Labute approximate surface area is 705 Å². The Morgan fingerprint density at radius 3 is 2.18 bits per heavy atom. The average molecular weight is 1730 g/mol. The van der Waals surface area contributed by atoms with E-state index in [2.05, 4.69) is 46.4 Å². The molecule has 0 unspecified atom stereocenters. The summed E-state index contributed by atoms with van der Waals surface area (Å²) in [5.41, 5.74) is 10.8. The molecule has 2 aliphatic heterocycles. The number of likely N-dealkylation sites (N-methyl/N-ethyl adjacent to an activating group) is 2. The fourth-order valence-corrected chi connectivity index (χ4v) is 15.5. The number of rotatable bonds is 43. The number of nitrogens with two attached hydrogens (primary N) is 1. The number of imide groups is 1. The van der Waals surface area contributed by atoms with Crippen LogP contribution in [0.15, 0.2) is 134 Å². The van der Waals surface area contributed by atoms with Crippen LogP contribution in [0.1, 0.15) is 73.9 Å². The van der Waals surface area contributed by atoms with Crippen LogP contribution in [0.4, 0.5) is 14.9 Å². The van der Waals surface area contributed by atoms with Gasteiger partial charge in [0.2, 0.25) is 41.5 Å². The number of ether oxygens (including phenoxy) is 5. The van der Waals surface area contributed by atoms with Gasteiger partial charge in [-0.1, -0.05) is 80.0 Å². The van der Waals surface area contributed by atoms with Crippen molar-refractivity contribution >= 4 is 108 Å². The van der Waals surface area contributed by atoms with Gasteiger partial charge in [0.25, 0.3) is 21.9 Å². The van der Waals surface area contributed by atoms with Crippen molar-refractivity contribution in [1.29, 1.82) is 0 Å². The van der Waals surface area contributed by atoms with Gasteiger partial charge in [-0.3, -0.25) is 52.7 Å². The van der Waals surface area contributed by atoms with Crippen molar-refractivity contribution in [2.75, 3.05) is 97.9 Å². The zero-order chi connectivity index (χ0) is 87.2. The second-order valence-electron chi connectivity index (χ2n) is 29.5. The number of methoxy groups -OCH3 is 1. The van der Waals surface area contributed by atoms with Crippen LogP contribution in [0, 0.1) is 18.7 Å². The lowest BCUT2D eigenvalue weighted by molar-refractivity contribution is -0.926. The number of hydrogen-bond donors (Lipinski definition) is 9. The van der Waals surface area contributed by atoms with Crippen LogP contribution in [-0.2, 0) is 84.1 Å². The number of aliphatic carboxylic acids is 2. The molecule has 5 heterocycles. The molecule has 0 bridgehead atoms. The number of carbonyl (C=O) groups excluding carboxylic acids is 8. The number of para-hydroxylation sites is 2. The number of amides is 9. The number of halogens is 2. The van der Waals surface area contributed by atoms with E-state index in [9.17, 15) is 75.5 Å². The highest BCUT2D eigenvalue weighted by molar-refractivity contribution is 7.86. The molecule has 0 radical (unpaired) electrons. The monoisotopic (exact) mass is 1730 g/mol. The Kier molecular flexibility index (Phi) is 31.8. The molecule has 121 heavy (non-hydrogen) atoms. The number of anilines is 1. The van der Waals surface area contributed by atoms with Crippen LogP contribution in [-0.4, -0.2) is 238 Å². The number of quaternary nitrogens is 1. The number of hydrogen-bond acceptors (Lipinski definition) is 23. The first kappa shape index (κ1) is 91.2. The highest BCUT2D eigenvalue weighted by Gasteiger charge is 2.35. The molecule has 1 saturated heterocycles. The fraction of sp³-hybridized carbons (Fsp3) is 0.373. The smallest absolute Gasteiger partial charge is 0.345 e. The summed E-state index contributed by atoms with van der Waals surface area (Å²) in [5.74, 6) is -8.31. The molecule has 10 N–H and O–H groups in total. The van der Waals surface area contributed by atoms with E-state index in [1.807, 2.05) is 44.3 Å². The van der Waals surface area contributed by atoms with Crippen LogP contribution >= 0.6 is 22.9 Å². The fourth-order valence-electron chi connectivity index (χ4n) is 13.7. The highest BCUT2D eigenvalue weighted by atomic mass is 35.5. The lowest BCUT2D eigenvalue weighted by Crippen LogP contribution is -2.57. The molecule has 0 aliphatic carbocycles. The Morgan fingerprint density at radius 1 is 0.769 bits per heavy atom. The van der Waals surface area contributed by atoms with Crippen molar-refractivity contribution in [2.45, 2.75) is 103 Å². The topological polar surface area (TPSA) is 459 Å². The van der Waals surface area contributed by atoms with Gasteiger partial charge < -0.3 is 75.6 Å². The summed E-state index contributed by atoms with van der Waals surface area (Å²) < 4.78 is 78.1. The lowest BCUT2D eigenvalue weighted by atomic mass is 9.96. The minimum atomic E-state index is -4.86. The van der Waals surface area contributed by atoms with E-state index in [-0.39, 0.29) is 88.3 Å². The van der Waals surface area contributed by atoms with E-state index in [1.54, 1.807) is 93.9 Å². The first-order chi connectivity index (χ1) is 57.7. The molecule has 38 heteroatoms. The Morgan fingerprint density at radius 2 is 1.49 bits per heavy atom. The second kappa shape index (κ2) is 42.2. The Bertz CT molecular complexity index is 5270. The summed E-state index contributed by atoms with van der Waals surface area (Å²) in [7, 11) is 0.126. The third-order valence-electron chi connectivity index (χ3n) is 20.2. The predicted molar refractivity (Wildman–Crippen MR) is 444 cm³/mol. The van der Waals surface area contributed by atoms with E-state index < -0.39 is 124 Å². The number of thiophene rings is 1. The van der Waals surface area contributed by atoms with Crippen molar-refractivity contribution in [3.05, 3.63) is 173 Å². The van der Waals surface area contributed by atoms with E-state index in [0.29, 0.717) is 132 Å². The van der Waals surface area contributed by atoms with Crippen LogP contribution in [0.3, 0.4) is 0 Å². The van der Waals surface area contributed by atoms with Gasteiger partial charge in [-0.25, -0.2) is 33.9 Å². The molecule has 4 atom stereocenters. The van der Waals surface area contributed by atoms with E-state index in [1.165, 1.54) is 41.7 Å². The summed E-state index contributed by atoms with van der Waals surface area (Å²) in [5, 5.41) is 34.1. The molecule has 5 aromatic carbocycles. The number of benzene rings is 5. The van der Waals surface area contributed by atoms with E-state index in [4.69, 9.17) is 46.0 Å². The third kappa shape index (κ3) is 25.5. The highest BCUT2D eigenvalue weighted by Crippen LogP contribution is 2.50. The summed E-state index contributed by atoms with van der Waals surface area (Å²) in [6.45, 7) is 8.14. The minimum Gasteiger partial charge on any atom is -0.496 e. The van der Waals surface area contributed by atoms with Gasteiger partial charge in [0, 0.05) is 99.1 Å². The molecule has 9 amide bonds. The molecule has 0 saturated carbocycles. The largest absolute Gasteiger partial charge is 0.496 e. The maximum atomic E-state index is 14.6. The molecular weight excluding hydrogens is 1630 g/mol. The number of nitrogens with zero attached hydrogens (tertiary/aromatic N) is 8. The number of nitrogens with one attached hydrogen (secondary N) is 5. The van der Waals surface area contributed by atoms with E-state index in [0.717, 1.165) is 17.1 Å². The standard InChI is InChI=1S/C83H94ClFN14O20S2/c1-49(2)74(95-66(100)30-39-116-40-36-98-68(102)26-27-69(98)103)78(107)94-60(14-11-31-88-83(86)111)77(106)92-56-22-19-53(54(42-56)44-96(4)81(108)61(24-28-70(104)105)93-67(101)47-121(112,113)114)45-99(5)37-33-97(34-38-99)35-41-117-64-25-23-58(50(3)73(64)84)71-72-79(89-48-90-80(72)120-75(71)51-17-20-55(85)21-18-51)119-65(82(109)110)43-52-12-7-9-15-62(52)118-46-57-29-32-87-76(91-57)59-13-8-10-16-63(59)115-6/h7-10,12-13,15-23,25-27,29,32,42,48-49,60-61,65,74H,11,14,24,28,30-31,33-41,43-47H2,1-6H3,(H9-,86,88,92,93,94,95,100,101,104,105,106,107,109,110,111,112,113,114)/p+1/t60-,61+,65+,74-/m0/s1. The van der Waals surface area contributed by atoms with Crippen LogP contribution in [0.2, 0.25) is 5.02 Å². The van der Waals surface area contributed by atoms with E-state index >= 15 is 0 Å². The number of urea groups is 1. The maximum Gasteiger partial charge on any atom is 0.345 e. The Hall–Kier alpha value is -12.1. The van der Waals surface area contributed by atoms with Crippen LogP contribution in [0.5, 0.6) is 23.1 Å². The predicted octanol–water partition coefficient (Wildman–Crippen LogP) is 7.13. The summed E-state index contributed by atoms with van der Waals surface area (Å²) in [6.07, 6.45) is 2.33. The minimum absolute atomic E-state index is 0.0154. The van der Waals surface area contributed by atoms with Gasteiger partial charge >= 0.3 is 18.0 Å². The normalized spacial score (nSPS) is 14.3. The molecule has 3 aromatic heterocycles. The number of carbonyl (C=O) groups is 10. The summed E-state index contributed by atoms with van der Waals surface area (Å²) in [6, 6.07) is 25.7. The van der Waals surface area contributed by atoms with Gasteiger partial charge in [-0.05, 0) is 115 Å². The molecular formula is C83H95ClFN14O20S2+. The summed E-state index contributed by atoms with van der Waals surface area (Å²) in [4.78, 5) is 153. The molecule has 8 aromatic rings. The lowest BCUT2D eigenvalue weighted by Gasteiger charge is -2.42. The molecule has 10 rings (SSSR count). The number of primary amides is 1. The van der Waals surface area contributed by atoms with Gasteiger partial charge in [0.1, 0.15) is 72.1 Å². The summed E-state index contributed by atoms with van der Waals surface area (Å²) >= 11 is 8.57. The first-order valence-corrected chi connectivity index (χ1v) is 41.5. The molecule has 642 valence electrons. The zero-order valence-corrected chi connectivity index (χ0v) is 69.6. The van der Waals surface area contributed by atoms with Crippen molar-refractivity contribution in [1.82, 2.24) is 55.9 Å². The Balaban J connectivity index is 0.832. The maximum absolute atomic E-state index is 14.6. The van der Waals surface area contributed by atoms with Gasteiger partial charge in [0.15, 0.2) is 11.6 Å². The molecule has 1 fully saturated rings. The van der Waals surface area contributed by atoms with Crippen molar-refractivity contribution in [2.24, 2.45) is 11.7 Å². The number of carboxylic acids is 2. The number of piperazine rings is 1. The van der Waals surface area contributed by atoms with Crippen LogP contribution in [0.25, 0.3) is 43.2 Å². The third-order valence-corrected chi connectivity index (χ3v) is 22.4. The van der Waals surface area contributed by atoms with Gasteiger partial charge in [-0.2, -0.15) is 8.42 Å². The average Bonchev–Trinajstić information content (AvgIpc) is 1.60.